The van der Waals surface area contributed by atoms with Gasteiger partial charge in [0.05, 0.1) is 22.9 Å². The number of halogens is 1. The molecule has 1 rings (SSSR count). The van der Waals surface area contributed by atoms with Gasteiger partial charge in [-0.2, -0.15) is 0 Å². The molecular weight excluding hydrogens is 260 g/mol. The van der Waals surface area contributed by atoms with Gasteiger partial charge in [-0.05, 0) is 28.9 Å². The van der Waals surface area contributed by atoms with E-state index in [1.807, 2.05) is 13.0 Å². The summed E-state index contributed by atoms with van der Waals surface area (Å²) in [6.07, 6.45) is 1.80. The van der Waals surface area contributed by atoms with E-state index in [1.165, 1.54) is 0 Å². The summed E-state index contributed by atoms with van der Waals surface area (Å²) in [5, 5.41) is 3.29. The lowest BCUT2D eigenvalue weighted by Crippen LogP contribution is -2.33. The highest BCUT2D eigenvalue weighted by Crippen LogP contribution is 2.23. The van der Waals surface area contributed by atoms with Crippen LogP contribution in [0.5, 0.6) is 0 Å². The average molecular weight is 277 g/mol. The highest BCUT2D eigenvalue weighted by atomic mass is 79.9. The summed E-state index contributed by atoms with van der Waals surface area (Å²) in [7, 11) is 1.69. The van der Waals surface area contributed by atoms with Crippen LogP contribution < -0.4 is 11.1 Å². The van der Waals surface area contributed by atoms with Crippen LogP contribution in [0.1, 0.15) is 18.7 Å². The molecule has 0 saturated carbocycles. The van der Waals surface area contributed by atoms with Crippen molar-refractivity contribution in [2.75, 3.05) is 20.2 Å². The maximum absolute atomic E-state index is 5.68. The zero-order valence-corrected chi connectivity index (χ0v) is 10.6. The van der Waals surface area contributed by atoms with E-state index < -0.39 is 0 Å². The van der Waals surface area contributed by atoms with Gasteiger partial charge in [0.1, 0.15) is 5.76 Å². The monoisotopic (exact) mass is 276 g/mol. The van der Waals surface area contributed by atoms with Crippen molar-refractivity contribution in [3.05, 3.63) is 22.6 Å². The van der Waals surface area contributed by atoms with Crippen LogP contribution >= 0.6 is 15.9 Å². The normalized spacial score (nSPS) is 15.2. The Kier molecular flexibility index (Phi) is 5.31. The molecule has 0 fully saturated rings. The van der Waals surface area contributed by atoms with Crippen molar-refractivity contribution in [2.45, 2.75) is 19.1 Å². The zero-order valence-electron chi connectivity index (χ0n) is 9.00. The van der Waals surface area contributed by atoms with Crippen molar-refractivity contribution in [2.24, 2.45) is 5.73 Å². The van der Waals surface area contributed by atoms with E-state index in [4.69, 9.17) is 14.9 Å². The minimum Gasteiger partial charge on any atom is -0.466 e. The fraction of sp³-hybridized carbons (Fsp3) is 0.600. The second-order valence-electron chi connectivity index (χ2n) is 3.38. The number of hydrogen-bond acceptors (Lipinski definition) is 4. The van der Waals surface area contributed by atoms with Gasteiger partial charge in [-0.3, -0.25) is 0 Å². The Labute approximate surface area is 98.3 Å². The Morgan fingerprint density at radius 1 is 1.67 bits per heavy atom. The molecule has 0 saturated heterocycles. The lowest BCUT2D eigenvalue weighted by molar-refractivity contribution is 0.113. The molecule has 1 aromatic heterocycles. The third-order valence-electron chi connectivity index (χ3n) is 2.25. The van der Waals surface area contributed by atoms with Crippen LogP contribution in [-0.4, -0.2) is 26.3 Å². The predicted octanol–water partition coefficient (Wildman–Crippen LogP) is 1.67. The number of ether oxygens (including phenoxy) is 1. The summed E-state index contributed by atoms with van der Waals surface area (Å²) in [5.41, 5.74) is 5.68. The molecule has 0 aromatic carbocycles. The highest BCUT2D eigenvalue weighted by Gasteiger charge is 2.16. The Morgan fingerprint density at radius 2 is 2.40 bits per heavy atom. The van der Waals surface area contributed by atoms with Crippen LogP contribution in [-0.2, 0) is 4.74 Å². The molecule has 15 heavy (non-hydrogen) atoms. The standard InChI is InChI=1S/C10H17BrN2O2/c1-7(14-2)6-13-9(5-12)10-8(11)3-4-15-10/h3-4,7,9,13H,5-6,12H2,1-2H3. The van der Waals surface area contributed by atoms with Crippen LogP contribution in [0.2, 0.25) is 0 Å². The minimum absolute atomic E-state index is 0.0203. The fourth-order valence-corrected chi connectivity index (χ4v) is 1.71. The molecule has 5 heteroatoms. The van der Waals surface area contributed by atoms with E-state index in [2.05, 4.69) is 21.2 Å². The van der Waals surface area contributed by atoms with Crippen LogP contribution in [0.3, 0.4) is 0 Å². The smallest absolute Gasteiger partial charge is 0.136 e. The van der Waals surface area contributed by atoms with Crippen molar-refractivity contribution in [3.8, 4) is 0 Å². The van der Waals surface area contributed by atoms with Crippen molar-refractivity contribution < 1.29 is 9.15 Å². The van der Waals surface area contributed by atoms with Crippen LogP contribution in [0.4, 0.5) is 0 Å². The van der Waals surface area contributed by atoms with Crippen LogP contribution in [0.25, 0.3) is 0 Å². The third kappa shape index (κ3) is 3.61. The summed E-state index contributed by atoms with van der Waals surface area (Å²) < 4.78 is 11.4. The first-order chi connectivity index (χ1) is 7.19. The first kappa shape index (κ1) is 12.7. The third-order valence-corrected chi connectivity index (χ3v) is 2.91. The summed E-state index contributed by atoms with van der Waals surface area (Å²) in [4.78, 5) is 0. The quantitative estimate of drug-likeness (QED) is 0.830. The molecule has 0 spiro atoms. The van der Waals surface area contributed by atoms with E-state index in [1.54, 1.807) is 13.4 Å². The molecule has 1 aromatic rings. The Bertz CT molecular complexity index is 291. The van der Waals surface area contributed by atoms with Crippen molar-refractivity contribution in [1.29, 1.82) is 0 Å². The van der Waals surface area contributed by atoms with E-state index in [-0.39, 0.29) is 12.1 Å². The fourth-order valence-electron chi connectivity index (χ4n) is 1.23. The predicted molar refractivity (Wildman–Crippen MR) is 62.7 cm³/mol. The van der Waals surface area contributed by atoms with Gasteiger partial charge in [0.25, 0.3) is 0 Å². The minimum atomic E-state index is 0.0203. The molecule has 86 valence electrons. The summed E-state index contributed by atoms with van der Waals surface area (Å²) >= 11 is 3.41. The zero-order chi connectivity index (χ0) is 11.3. The number of methoxy groups -OCH3 is 1. The van der Waals surface area contributed by atoms with E-state index in [0.717, 1.165) is 16.8 Å². The summed E-state index contributed by atoms with van der Waals surface area (Å²) in [6.45, 7) is 3.23. The number of hydrogen-bond donors (Lipinski definition) is 2. The first-order valence-electron chi connectivity index (χ1n) is 4.88. The first-order valence-corrected chi connectivity index (χ1v) is 5.67. The molecule has 0 bridgehead atoms. The lowest BCUT2D eigenvalue weighted by Gasteiger charge is -2.17. The Hall–Kier alpha value is -0.360. The van der Waals surface area contributed by atoms with Gasteiger partial charge in [0.2, 0.25) is 0 Å². The van der Waals surface area contributed by atoms with E-state index in [0.29, 0.717) is 6.54 Å². The second-order valence-corrected chi connectivity index (χ2v) is 4.23. The number of nitrogens with two attached hydrogens (primary N) is 1. The Balaban J connectivity index is 2.53. The van der Waals surface area contributed by atoms with Gasteiger partial charge >= 0.3 is 0 Å². The molecule has 4 nitrogen and oxygen atoms in total. The van der Waals surface area contributed by atoms with Crippen molar-refractivity contribution in [1.82, 2.24) is 5.32 Å². The van der Waals surface area contributed by atoms with Gasteiger partial charge in [-0.15, -0.1) is 0 Å². The lowest BCUT2D eigenvalue weighted by atomic mass is 10.2. The molecular formula is C10H17BrN2O2. The molecule has 1 heterocycles. The number of nitrogens with one attached hydrogen (secondary N) is 1. The molecule has 2 unspecified atom stereocenters. The summed E-state index contributed by atoms with van der Waals surface area (Å²) in [5.74, 6) is 0.834. The van der Waals surface area contributed by atoms with Gasteiger partial charge in [-0.25, -0.2) is 0 Å². The van der Waals surface area contributed by atoms with Gasteiger partial charge < -0.3 is 20.2 Å². The molecule has 0 aliphatic rings. The topological polar surface area (TPSA) is 60.4 Å². The van der Waals surface area contributed by atoms with E-state index >= 15 is 0 Å². The maximum atomic E-state index is 5.68. The largest absolute Gasteiger partial charge is 0.466 e. The molecule has 0 aliphatic carbocycles. The molecule has 2 atom stereocenters. The number of furan rings is 1. The Morgan fingerprint density at radius 3 is 2.87 bits per heavy atom. The molecule has 0 radical (unpaired) electrons. The number of rotatable bonds is 6. The van der Waals surface area contributed by atoms with E-state index in [9.17, 15) is 0 Å². The van der Waals surface area contributed by atoms with Crippen LogP contribution in [0.15, 0.2) is 21.2 Å². The van der Waals surface area contributed by atoms with Gasteiger partial charge in [0.15, 0.2) is 0 Å². The second kappa shape index (κ2) is 6.27. The van der Waals surface area contributed by atoms with Crippen molar-refractivity contribution in [3.63, 3.8) is 0 Å². The molecule has 0 aliphatic heterocycles. The average Bonchev–Trinajstić information content (AvgIpc) is 2.65. The van der Waals surface area contributed by atoms with Crippen molar-refractivity contribution >= 4 is 15.9 Å². The molecule has 3 N–H and O–H groups in total. The van der Waals surface area contributed by atoms with Gasteiger partial charge in [0, 0.05) is 20.2 Å². The SMILES string of the molecule is COC(C)CNC(CN)c1occc1Br. The summed E-state index contributed by atoms with van der Waals surface area (Å²) in [6, 6.07) is 1.88. The highest BCUT2D eigenvalue weighted by molar-refractivity contribution is 9.10. The maximum Gasteiger partial charge on any atom is 0.136 e. The van der Waals surface area contributed by atoms with Gasteiger partial charge in [-0.1, -0.05) is 0 Å². The van der Waals surface area contributed by atoms with Crippen LogP contribution in [0, 0.1) is 0 Å². The molecule has 0 amide bonds.